The van der Waals surface area contributed by atoms with E-state index in [4.69, 9.17) is 56.8 Å². The van der Waals surface area contributed by atoms with Crippen molar-refractivity contribution in [2.45, 2.75) is 197 Å². The summed E-state index contributed by atoms with van der Waals surface area (Å²) >= 11 is 3.01. The van der Waals surface area contributed by atoms with E-state index in [-0.39, 0.29) is 99.7 Å². The first-order valence-corrected chi connectivity index (χ1v) is 42.0. The molecule has 14 atom stereocenters. The molecule has 31 heteroatoms. The van der Waals surface area contributed by atoms with E-state index in [9.17, 15) is 50.1 Å². The number of fused-ring (bicyclic) bond motifs is 18. The van der Waals surface area contributed by atoms with Crippen LogP contribution in [0.15, 0.2) is 36.4 Å². The highest BCUT2D eigenvalue weighted by molar-refractivity contribution is 7.99. The quantitative estimate of drug-likeness (QED) is 0.0483. The Bertz CT molecular complexity index is 5250. The Morgan fingerprint density at radius 1 is 0.583 bits per heavy atom. The maximum atomic E-state index is 15.3. The number of benzene rings is 6. The number of phenolic OH excluding ortho intramolecular Hbond substituents is 4. The molecule has 14 heterocycles. The average Bonchev–Trinajstić information content (AvgIpc) is 0.716. The van der Waals surface area contributed by atoms with Gasteiger partial charge in [0, 0.05) is 114 Å². The number of piperazine rings is 2. The monoisotopic (exact) mass is 1690 g/mol. The van der Waals surface area contributed by atoms with Crippen molar-refractivity contribution in [3.05, 3.63) is 125 Å². The molecule has 20 rings (SSSR count). The Kier molecular flexibility index (Phi) is 24.0. The van der Waals surface area contributed by atoms with Gasteiger partial charge in [0.05, 0.1) is 75.2 Å². The molecule has 6 aromatic rings. The van der Waals surface area contributed by atoms with E-state index in [1.54, 1.807) is 31.4 Å². The summed E-state index contributed by atoms with van der Waals surface area (Å²) in [7, 11) is 10.0. The second kappa shape index (κ2) is 33.4. The van der Waals surface area contributed by atoms with Gasteiger partial charge in [-0.3, -0.25) is 39.4 Å². The van der Waals surface area contributed by atoms with Gasteiger partial charge in [0.1, 0.15) is 43.1 Å². The van der Waals surface area contributed by atoms with Crippen molar-refractivity contribution in [1.82, 2.24) is 29.8 Å². The fourth-order valence-electron chi connectivity index (χ4n) is 21.2. The summed E-state index contributed by atoms with van der Waals surface area (Å²) in [4.78, 5) is 76.3. The third-order valence-electron chi connectivity index (χ3n) is 26.1. The summed E-state index contributed by atoms with van der Waals surface area (Å²) in [6.07, 6.45) is 5.53. The van der Waals surface area contributed by atoms with E-state index in [1.807, 2.05) is 54.8 Å². The number of likely N-dealkylation sites (N-methyl/N-ethyl adjacent to an activating group) is 2. The van der Waals surface area contributed by atoms with E-state index >= 15 is 4.79 Å². The molecule has 4 fully saturated rings. The number of aldehydes is 1. The number of thioether (sulfide) groups is 2. The smallest absolute Gasteiger partial charge is 0.332 e. The zero-order valence-corrected chi connectivity index (χ0v) is 70.1. The van der Waals surface area contributed by atoms with Gasteiger partial charge in [-0.15, -0.1) is 23.5 Å². The highest BCUT2D eigenvalue weighted by Gasteiger charge is 2.65. The molecule has 0 aromatic heterocycles. The van der Waals surface area contributed by atoms with Gasteiger partial charge < -0.3 is 82.1 Å². The summed E-state index contributed by atoms with van der Waals surface area (Å²) in [6, 6.07) is 10.7. The van der Waals surface area contributed by atoms with Crippen LogP contribution in [0.1, 0.15) is 185 Å². The number of nitrogens with zero attached hydrogens (tertiary/aromatic N) is 7. The normalized spacial score (nSPS) is 27.3. The molecular formula is C89H106N8O21S2. The van der Waals surface area contributed by atoms with Gasteiger partial charge in [0.2, 0.25) is 13.6 Å². The first-order chi connectivity index (χ1) is 56.8. The van der Waals surface area contributed by atoms with Crippen molar-refractivity contribution in [2.24, 2.45) is 0 Å². The Labute approximate surface area is 707 Å². The first kappa shape index (κ1) is 86.3. The lowest BCUT2D eigenvalue weighted by Crippen LogP contribution is -2.69. The van der Waals surface area contributed by atoms with Gasteiger partial charge in [-0.1, -0.05) is 40.8 Å². The van der Waals surface area contributed by atoms with E-state index in [0.717, 1.165) is 52.5 Å². The molecule has 0 saturated carbocycles. The number of rotatable bonds is 10. The van der Waals surface area contributed by atoms with Crippen molar-refractivity contribution in [2.75, 3.05) is 100 Å². The minimum absolute atomic E-state index is 0. The van der Waals surface area contributed by atoms with E-state index in [2.05, 4.69) is 54.9 Å². The Balaban J connectivity index is 0.000000183. The molecular weight excluding hydrogens is 1580 g/mol. The highest BCUT2D eigenvalue weighted by Crippen LogP contribution is 2.68. The van der Waals surface area contributed by atoms with Crippen LogP contribution >= 0.6 is 23.5 Å². The highest BCUT2D eigenvalue weighted by atomic mass is 32.2. The fraction of sp³-hybridized carbons (Fsp3) is 0.517. The number of ether oxygens (including phenoxy) is 12. The lowest BCUT2D eigenvalue weighted by molar-refractivity contribution is -0.164. The molecule has 14 aliphatic rings. The van der Waals surface area contributed by atoms with Crippen molar-refractivity contribution < 1.29 is 101 Å². The number of phenols is 4. The topological polar surface area (TPSA) is 353 Å². The van der Waals surface area contributed by atoms with Crippen LogP contribution in [-0.4, -0.2) is 212 Å². The van der Waals surface area contributed by atoms with Crippen LogP contribution in [0.4, 0.5) is 0 Å². The zero-order chi connectivity index (χ0) is 83.7. The van der Waals surface area contributed by atoms with Crippen LogP contribution in [-0.2, 0) is 70.2 Å². The number of methoxy groups -OCH3 is 4. The second-order valence-electron chi connectivity index (χ2n) is 32.2. The summed E-state index contributed by atoms with van der Waals surface area (Å²) in [6.45, 7) is 15.4. The average molecular weight is 1690 g/mol. The molecule has 0 amide bonds. The Morgan fingerprint density at radius 2 is 1.04 bits per heavy atom. The van der Waals surface area contributed by atoms with Gasteiger partial charge in [-0.2, -0.15) is 10.5 Å². The van der Waals surface area contributed by atoms with Crippen LogP contribution in [0.2, 0.25) is 0 Å². The number of hydrogen-bond acceptors (Lipinski definition) is 31. The number of hydrogen-bond donors (Lipinski definition) is 5. The van der Waals surface area contributed by atoms with Crippen LogP contribution in [0, 0.1) is 50.4 Å². The SMILES string of the molecule is C.C.CCCC=O.CCCN1CCc2cc(O)c(OC)cc2[C@@]12CS[C@@H]1c3c(OC(C)=O)c(C)c4c(c3[C@H](COC2=O)N2C1[C@H]1c3c(cc(C)c(OC)c3O)C[C@@H]([C@@H]2C#N)N1C)OCO4.COc1cc2c(cc1O)CCN[C@]21CS[C@@H]2c3c(OC(C)=O)c(C)c4c(c3[C@H](COC1=O)N1C2[C@H]2c3c(cc(C)c(OC)c3O)C[C@@H]([C@@H]1C#N)N2C)OCO4. The number of unbranched alkanes of at least 4 members (excludes halogenated alkanes) is 1. The molecule has 14 aliphatic heterocycles. The first-order valence-electron chi connectivity index (χ1n) is 40.0. The maximum absolute atomic E-state index is 15.3. The van der Waals surface area contributed by atoms with E-state index in [1.165, 1.54) is 58.7 Å². The molecule has 29 nitrogen and oxygen atoms in total. The van der Waals surface area contributed by atoms with Gasteiger partial charge in [0.15, 0.2) is 80.1 Å². The third-order valence-corrected chi connectivity index (χ3v) is 29.0. The second-order valence-corrected chi connectivity index (χ2v) is 34.4. The van der Waals surface area contributed by atoms with Gasteiger partial charge >= 0.3 is 23.9 Å². The minimum Gasteiger partial charge on any atom is -0.504 e. The van der Waals surface area contributed by atoms with Gasteiger partial charge in [0.25, 0.3) is 0 Å². The largest absolute Gasteiger partial charge is 0.504 e. The van der Waals surface area contributed by atoms with Crippen molar-refractivity contribution in [3.8, 4) is 92.6 Å². The molecule has 5 N–H and O–H groups in total. The summed E-state index contributed by atoms with van der Waals surface area (Å²) < 4.78 is 72.7. The predicted octanol–water partition coefficient (Wildman–Crippen LogP) is 11.4. The summed E-state index contributed by atoms with van der Waals surface area (Å²) in [5, 5.41) is 70.6. The van der Waals surface area contributed by atoms with E-state index < -0.39 is 93.8 Å². The van der Waals surface area contributed by atoms with Crippen LogP contribution in [0.5, 0.6) is 80.5 Å². The van der Waals surface area contributed by atoms with Crippen molar-refractivity contribution in [3.63, 3.8) is 0 Å². The lowest BCUT2D eigenvalue weighted by atomic mass is 9.71. The van der Waals surface area contributed by atoms with Crippen molar-refractivity contribution in [1.29, 1.82) is 10.5 Å². The van der Waals surface area contributed by atoms with E-state index in [0.29, 0.717) is 153 Å². The molecule has 4 saturated heterocycles. The van der Waals surface area contributed by atoms with Gasteiger partial charge in [-0.05, 0) is 156 Å². The molecule has 8 bridgehead atoms. The molecule has 6 aromatic carbocycles. The number of nitriles is 2. The minimum atomic E-state index is -1.36. The van der Waals surface area contributed by atoms with Crippen LogP contribution in [0.25, 0.3) is 0 Å². The maximum Gasteiger partial charge on any atom is 0.332 e. The summed E-state index contributed by atoms with van der Waals surface area (Å²) in [5.41, 5.74) is 9.03. The standard InChI is InChI=1S/C43H48N4O10S.C40H42N4O10S.C4H8O.2CH4/c1-8-10-46-11-9-23-14-29(49)30(52-6)15-25(23)43(46)18-58-41-33-32(40-39(55-19-56-40)21(3)38(33)57-22(4)48)28(17-54-42(43)51)47-27(16-44)26-13-24-12-20(2)37(53-7)36(50)31(24)34(35(41)47)45(26)5;1-17-9-21-10-23-24(13-41)44-25-14-51-39(48)40(22-12-27(49-5)26(46)11-20(22)7-8-42-40)15-55-38(32(44)31(43(23)4)28(21)33(47)34(17)50-6)30-29(25)37-36(52-16-53-37)18(2)35(30)54-19(3)45;1-2-3-4-5;;/h12,14-15,26-28,34-35,41,49-50H,8-11,13,17-19H2,1-7H3;9,11-12,23-25,31-32,38,42,46-47H,7-8,10,14-16H2,1-6H3;4H,2-3H2,1H3;2*1H4/t26-,27-,28-,34+,35?,41+,43+;23-,24-,25-,31+,32?,38+,40+;;;/m00.../s1. The molecule has 2 spiro atoms. The molecule has 0 aliphatic carbocycles. The third kappa shape index (κ3) is 13.1. The molecule has 640 valence electrons. The van der Waals surface area contributed by atoms with Gasteiger partial charge in [-0.25, -0.2) is 9.59 Å². The summed E-state index contributed by atoms with van der Waals surface area (Å²) in [5.74, 6) is 2.14. The fourth-order valence-corrected chi connectivity index (χ4v) is 24.7. The zero-order valence-electron chi connectivity index (χ0n) is 68.5. The molecule has 120 heavy (non-hydrogen) atoms. The number of carbonyl (C=O) groups excluding carboxylic acids is 5. The van der Waals surface area contributed by atoms with Crippen molar-refractivity contribution >= 4 is 53.7 Å². The number of aromatic hydroxyl groups is 4. The predicted molar refractivity (Wildman–Crippen MR) is 444 cm³/mol. The molecule has 2 unspecified atom stereocenters. The van der Waals surface area contributed by atoms with Crippen LogP contribution in [0.3, 0.4) is 0 Å². The Morgan fingerprint density at radius 3 is 1.48 bits per heavy atom. The van der Waals surface area contributed by atoms with Crippen LogP contribution < -0.4 is 52.7 Å². The number of aryl methyl sites for hydroxylation is 2. The number of carbonyl (C=O) groups is 5. The Hall–Kier alpha value is -10.1. The number of nitrogens with one attached hydrogen (secondary N) is 1. The number of esters is 4. The molecule has 0 radical (unpaired) electrons. The lowest BCUT2D eigenvalue weighted by Gasteiger charge is -2.62.